The minimum atomic E-state index is 0.208. The van der Waals surface area contributed by atoms with Crippen LogP contribution in [0.3, 0.4) is 0 Å². The number of aromatic nitrogens is 1. The monoisotopic (exact) mass is 192 g/mol. The predicted molar refractivity (Wildman–Crippen MR) is 55.4 cm³/mol. The fourth-order valence-electron chi connectivity index (χ4n) is 1.31. The van der Waals surface area contributed by atoms with E-state index in [1.165, 1.54) is 12.8 Å². The van der Waals surface area contributed by atoms with Crippen LogP contribution in [0.5, 0.6) is 5.75 Å². The molecule has 0 amide bonds. The smallest absolute Gasteiger partial charge is 0.138 e. The third-order valence-electron chi connectivity index (χ3n) is 2.24. The van der Waals surface area contributed by atoms with Gasteiger partial charge in [-0.05, 0) is 31.9 Å². The first kappa shape index (κ1) is 9.46. The molecule has 0 bridgehead atoms. The van der Waals surface area contributed by atoms with E-state index in [1.807, 2.05) is 12.1 Å². The van der Waals surface area contributed by atoms with Crippen LogP contribution in [0.25, 0.3) is 0 Å². The van der Waals surface area contributed by atoms with Crippen molar-refractivity contribution in [2.75, 3.05) is 6.54 Å². The second-order valence-corrected chi connectivity index (χ2v) is 3.80. The summed E-state index contributed by atoms with van der Waals surface area (Å²) in [5.74, 6) is 0.845. The largest absolute Gasteiger partial charge is 0.488 e. The van der Waals surface area contributed by atoms with Gasteiger partial charge in [-0.1, -0.05) is 0 Å². The maximum Gasteiger partial charge on any atom is 0.138 e. The highest BCUT2D eigenvalue weighted by Crippen LogP contribution is 2.18. The van der Waals surface area contributed by atoms with Crippen molar-refractivity contribution < 1.29 is 4.74 Å². The van der Waals surface area contributed by atoms with Crippen molar-refractivity contribution in [1.82, 2.24) is 10.3 Å². The molecule has 3 heteroatoms. The standard InChI is InChI=1S/C11H16N2O/c1-9(7-13-10-4-5-10)14-11-3-2-6-12-8-11/h2-3,6,8-10,13H,4-5,7H2,1H3. The normalized spacial score (nSPS) is 17.8. The van der Waals surface area contributed by atoms with Crippen LogP contribution in [0.1, 0.15) is 19.8 Å². The summed E-state index contributed by atoms with van der Waals surface area (Å²) in [7, 11) is 0. The summed E-state index contributed by atoms with van der Waals surface area (Å²) >= 11 is 0. The van der Waals surface area contributed by atoms with E-state index in [2.05, 4.69) is 17.2 Å². The molecule has 14 heavy (non-hydrogen) atoms. The van der Waals surface area contributed by atoms with Gasteiger partial charge >= 0.3 is 0 Å². The average Bonchev–Trinajstić information content (AvgIpc) is 3.00. The Morgan fingerprint density at radius 1 is 1.64 bits per heavy atom. The van der Waals surface area contributed by atoms with Gasteiger partial charge in [-0.15, -0.1) is 0 Å². The number of ether oxygens (including phenoxy) is 1. The van der Waals surface area contributed by atoms with Gasteiger partial charge in [-0.3, -0.25) is 4.98 Å². The van der Waals surface area contributed by atoms with Crippen LogP contribution in [0.15, 0.2) is 24.5 Å². The van der Waals surface area contributed by atoms with Crippen molar-refractivity contribution in [2.45, 2.75) is 31.9 Å². The summed E-state index contributed by atoms with van der Waals surface area (Å²) in [5.41, 5.74) is 0. The van der Waals surface area contributed by atoms with Gasteiger partial charge in [-0.25, -0.2) is 0 Å². The van der Waals surface area contributed by atoms with Crippen molar-refractivity contribution >= 4 is 0 Å². The highest BCUT2D eigenvalue weighted by Gasteiger charge is 2.21. The van der Waals surface area contributed by atoms with Crippen LogP contribution < -0.4 is 10.1 Å². The molecular weight excluding hydrogens is 176 g/mol. The highest BCUT2D eigenvalue weighted by molar-refractivity contribution is 5.15. The van der Waals surface area contributed by atoms with Gasteiger partial charge in [0.15, 0.2) is 0 Å². The second kappa shape index (κ2) is 4.42. The molecule has 3 nitrogen and oxygen atoms in total. The van der Waals surface area contributed by atoms with E-state index in [0.717, 1.165) is 18.3 Å². The van der Waals surface area contributed by atoms with Gasteiger partial charge in [-0.2, -0.15) is 0 Å². The molecule has 1 aliphatic carbocycles. The third kappa shape index (κ3) is 3.00. The first-order valence-electron chi connectivity index (χ1n) is 5.14. The quantitative estimate of drug-likeness (QED) is 0.769. The lowest BCUT2D eigenvalue weighted by Gasteiger charge is -2.14. The molecule has 76 valence electrons. The molecule has 1 fully saturated rings. The van der Waals surface area contributed by atoms with Crippen molar-refractivity contribution in [2.24, 2.45) is 0 Å². The summed E-state index contributed by atoms with van der Waals surface area (Å²) < 4.78 is 5.67. The van der Waals surface area contributed by atoms with E-state index < -0.39 is 0 Å². The number of hydrogen-bond acceptors (Lipinski definition) is 3. The van der Waals surface area contributed by atoms with Crippen LogP contribution >= 0.6 is 0 Å². The topological polar surface area (TPSA) is 34.1 Å². The van der Waals surface area contributed by atoms with Crippen LogP contribution in [0, 0.1) is 0 Å². The molecule has 0 aliphatic heterocycles. The second-order valence-electron chi connectivity index (χ2n) is 3.80. The number of nitrogens with one attached hydrogen (secondary N) is 1. The molecule has 0 radical (unpaired) electrons. The maximum absolute atomic E-state index is 5.67. The number of hydrogen-bond donors (Lipinski definition) is 1. The molecule has 1 aromatic heterocycles. The minimum Gasteiger partial charge on any atom is -0.488 e. The molecule has 0 spiro atoms. The molecule has 1 aliphatic rings. The van der Waals surface area contributed by atoms with E-state index in [4.69, 9.17) is 4.74 Å². The molecule has 1 aromatic rings. The summed E-state index contributed by atoms with van der Waals surface area (Å²) in [5, 5.41) is 3.43. The number of pyridine rings is 1. The summed E-state index contributed by atoms with van der Waals surface area (Å²) in [6, 6.07) is 4.56. The molecule has 1 N–H and O–H groups in total. The van der Waals surface area contributed by atoms with Gasteiger partial charge in [0.25, 0.3) is 0 Å². The molecule has 1 heterocycles. The van der Waals surface area contributed by atoms with Crippen molar-refractivity contribution in [3.05, 3.63) is 24.5 Å². The third-order valence-corrected chi connectivity index (χ3v) is 2.24. The Bertz CT molecular complexity index is 272. The van der Waals surface area contributed by atoms with Crippen LogP contribution in [0.4, 0.5) is 0 Å². The zero-order valence-corrected chi connectivity index (χ0v) is 8.44. The van der Waals surface area contributed by atoms with Gasteiger partial charge in [0, 0.05) is 18.8 Å². The van der Waals surface area contributed by atoms with E-state index in [1.54, 1.807) is 12.4 Å². The Hall–Kier alpha value is -1.09. The van der Waals surface area contributed by atoms with E-state index in [-0.39, 0.29) is 6.10 Å². The molecule has 1 atom stereocenters. The van der Waals surface area contributed by atoms with Crippen LogP contribution in [-0.4, -0.2) is 23.7 Å². The Morgan fingerprint density at radius 3 is 3.14 bits per heavy atom. The fourth-order valence-corrected chi connectivity index (χ4v) is 1.31. The van der Waals surface area contributed by atoms with Crippen molar-refractivity contribution in [3.63, 3.8) is 0 Å². The van der Waals surface area contributed by atoms with Crippen LogP contribution in [0.2, 0.25) is 0 Å². The summed E-state index contributed by atoms with van der Waals surface area (Å²) in [6.45, 7) is 2.99. The summed E-state index contributed by atoms with van der Waals surface area (Å²) in [6.07, 6.45) is 6.34. The van der Waals surface area contributed by atoms with Crippen molar-refractivity contribution in [1.29, 1.82) is 0 Å². The van der Waals surface area contributed by atoms with Gasteiger partial charge < -0.3 is 10.1 Å². The number of rotatable bonds is 5. The lowest BCUT2D eigenvalue weighted by Crippen LogP contribution is -2.30. The molecular formula is C11H16N2O. The SMILES string of the molecule is CC(CNC1CC1)Oc1cccnc1. The first-order valence-corrected chi connectivity index (χ1v) is 5.14. The zero-order chi connectivity index (χ0) is 9.80. The maximum atomic E-state index is 5.67. The van der Waals surface area contributed by atoms with E-state index in [0.29, 0.717) is 0 Å². The number of nitrogens with zero attached hydrogens (tertiary/aromatic N) is 1. The molecule has 0 saturated heterocycles. The Labute approximate surface area is 84.5 Å². The van der Waals surface area contributed by atoms with Gasteiger partial charge in [0.2, 0.25) is 0 Å². The van der Waals surface area contributed by atoms with Gasteiger partial charge in [0.05, 0.1) is 6.20 Å². The van der Waals surface area contributed by atoms with Crippen molar-refractivity contribution in [3.8, 4) is 5.75 Å². The van der Waals surface area contributed by atoms with E-state index >= 15 is 0 Å². The predicted octanol–water partition coefficient (Wildman–Crippen LogP) is 1.60. The summed E-state index contributed by atoms with van der Waals surface area (Å²) in [4.78, 5) is 4.00. The lowest BCUT2D eigenvalue weighted by molar-refractivity contribution is 0.216. The zero-order valence-electron chi connectivity index (χ0n) is 8.44. The fraction of sp³-hybridized carbons (Fsp3) is 0.545. The first-order chi connectivity index (χ1) is 6.84. The molecule has 1 saturated carbocycles. The van der Waals surface area contributed by atoms with Gasteiger partial charge in [0.1, 0.15) is 11.9 Å². The Kier molecular flexibility index (Phi) is 2.99. The molecule has 1 unspecified atom stereocenters. The average molecular weight is 192 g/mol. The lowest BCUT2D eigenvalue weighted by atomic mass is 10.4. The molecule has 0 aromatic carbocycles. The molecule has 2 rings (SSSR count). The van der Waals surface area contributed by atoms with E-state index in [9.17, 15) is 0 Å². The highest BCUT2D eigenvalue weighted by atomic mass is 16.5. The Morgan fingerprint density at radius 2 is 2.50 bits per heavy atom. The van der Waals surface area contributed by atoms with Crippen LogP contribution in [-0.2, 0) is 0 Å². The Balaban J connectivity index is 1.73. The minimum absolute atomic E-state index is 0.208.